The number of aryl methyl sites for hydroxylation is 1. The van der Waals surface area contributed by atoms with E-state index in [0.29, 0.717) is 34.2 Å². The van der Waals surface area contributed by atoms with Gasteiger partial charge in [0.05, 0.1) is 18.8 Å². The Balaban J connectivity index is 2.34. The summed E-state index contributed by atoms with van der Waals surface area (Å²) in [5.41, 5.74) is 1.46. The lowest BCUT2D eigenvalue weighted by Crippen LogP contribution is -2.16. The number of hydrogen-bond donors (Lipinski definition) is 1. The number of benzene rings is 1. The van der Waals surface area contributed by atoms with E-state index < -0.39 is 11.9 Å². The van der Waals surface area contributed by atoms with Gasteiger partial charge in [-0.25, -0.2) is 4.79 Å². The van der Waals surface area contributed by atoms with Gasteiger partial charge in [0, 0.05) is 4.88 Å². The molecule has 7 nitrogen and oxygen atoms in total. The van der Waals surface area contributed by atoms with Gasteiger partial charge in [-0.2, -0.15) is 5.26 Å². The van der Waals surface area contributed by atoms with Crippen molar-refractivity contribution in [1.29, 1.82) is 5.26 Å². The summed E-state index contributed by atoms with van der Waals surface area (Å²) < 4.78 is 16.1. The second kappa shape index (κ2) is 11.6. The second-order valence-electron chi connectivity index (χ2n) is 6.46. The van der Waals surface area contributed by atoms with E-state index in [1.807, 2.05) is 19.9 Å². The first-order chi connectivity index (χ1) is 15.4. The highest BCUT2D eigenvalue weighted by Crippen LogP contribution is 2.34. The van der Waals surface area contributed by atoms with Crippen LogP contribution in [-0.4, -0.2) is 31.7 Å². The maximum atomic E-state index is 12.8. The highest BCUT2D eigenvalue weighted by Gasteiger charge is 2.23. The summed E-state index contributed by atoms with van der Waals surface area (Å²) in [6.45, 7) is 7.87. The molecule has 0 spiro atoms. The van der Waals surface area contributed by atoms with Gasteiger partial charge in [-0.05, 0) is 57.0 Å². The summed E-state index contributed by atoms with van der Waals surface area (Å²) in [5, 5.41) is 12.6. The van der Waals surface area contributed by atoms with Crippen LogP contribution in [0.15, 0.2) is 23.8 Å². The van der Waals surface area contributed by atoms with Crippen molar-refractivity contribution in [3.05, 3.63) is 45.3 Å². The van der Waals surface area contributed by atoms with E-state index in [2.05, 4.69) is 11.2 Å². The molecule has 166 valence electrons. The molecule has 1 aromatic carbocycles. The fraction of sp³-hybridized carbons (Fsp3) is 0.292. The molecule has 0 fully saturated rings. The zero-order valence-electron chi connectivity index (χ0n) is 18.4. The van der Waals surface area contributed by atoms with Crippen molar-refractivity contribution in [2.24, 2.45) is 0 Å². The first-order valence-corrected chi connectivity index (χ1v) is 10.7. The summed E-state index contributed by atoms with van der Waals surface area (Å²) in [5.74, 6) is 2.15. The average Bonchev–Trinajstić information content (AvgIpc) is 3.04. The highest BCUT2D eigenvalue weighted by molar-refractivity contribution is 7.16. The minimum absolute atomic E-state index is 0.0869. The van der Waals surface area contributed by atoms with Gasteiger partial charge in [0.15, 0.2) is 11.5 Å². The van der Waals surface area contributed by atoms with E-state index in [1.54, 1.807) is 32.0 Å². The van der Waals surface area contributed by atoms with Crippen molar-refractivity contribution in [1.82, 2.24) is 0 Å². The lowest BCUT2D eigenvalue weighted by atomic mass is 10.1. The Hall–Kier alpha value is -3.75. The van der Waals surface area contributed by atoms with Crippen LogP contribution in [0.5, 0.6) is 11.5 Å². The Morgan fingerprint density at radius 1 is 1.19 bits per heavy atom. The molecule has 0 radical (unpaired) electrons. The van der Waals surface area contributed by atoms with Gasteiger partial charge < -0.3 is 19.5 Å². The number of nitrogens with one attached hydrogen (secondary N) is 1. The molecular weight excluding hydrogens is 428 g/mol. The van der Waals surface area contributed by atoms with Crippen LogP contribution in [0, 0.1) is 37.5 Å². The third kappa shape index (κ3) is 5.90. The molecule has 0 unspecified atom stereocenters. The van der Waals surface area contributed by atoms with Crippen molar-refractivity contribution in [2.75, 3.05) is 25.1 Å². The molecule has 0 saturated carbocycles. The monoisotopic (exact) mass is 452 g/mol. The molecular formula is C24H24N2O5S. The molecule has 0 aliphatic carbocycles. The van der Waals surface area contributed by atoms with E-state index >= 15 is 0 Å². The number of anilines is 1. The molecule has 0 bridgehead atoms. The Morgan fingerprint density at radius 2 is 1.94 bits per heavy atom. The number of nitriles is 1. The number of esters is 1. The minimum Gasteiger partial charge on any atom is -0.490 e. The quantitative estimate of drug-likeness (QED) is 0.260. The van der Waals surface area contributed by atoms with Crippen molar-refractivity contribution in [3.8, 4) is 29.9 Å². The van der Waals surface area contributed by atoms with E-state index in [1.165, 1.54) is 17.4 Å². The number of terminal acetylenes is 1. The van der Waals surface area contributed by atoms with Crippen LogP contribution in [0.3, 0.4) is 0 Å². The first kappa shape index (κ1) is 24.5. The molecule has 0 saturated heterocycles. The third-order valence-electron chi connectivity index (χ3n) is 4.35. The van der Waals surface area contributed by atoms with Crippen LogP contribution < -0.4 is 14.8 Å². The number of nitrogens with zero attached hydrogens (tertiary/aromatic N) is 1. The first-order valence-electron chi connectivity index (χ1n) is 9.89. The lowest BCUT2D eigenvalue weighted by molar-refractivity contribution is -0.112. The van der Waals surface area contributed by atoms with E-state index in [4.69, 9.17) is 20.6 Å². The Morgan fingerprint density at radius 3 is 2.56 bits per heavy atom. The largest absolute Gasteiger partial charge is 0.490 e. The van der Waals surface area contributed by atoms with Gasteiger partial charge in [0.2, 0.25) is 0 Å². The maximum Gasteiger partial charge on any atom is 0.341 e. The van der Waals surface area contributed by atoms with Crippen LogP contribution in [0.2, 0.25) is 0 Å². The summed E-state index contributed by atoms with van der Waals surface area (Å²) in [6, 6.07) is 6.90. The van der Waals surface area contributed by atoms with Crippen LogP contribution in [-0.2, 0) is 9.53 Å². The van der Waals surface area contributed by atoms with Crippen LogP contribution in [0.4, 0.5) is 5.00 Å². The van der Waals surface area contributed by atoms with Gasteiger partial charge in [0.25, 0.3) is 5.91 Å². The summed E-state index contributed by atoms with van der Waals surface area (Å²) >= 11 is 1.25. The molecule has 1 amide bonds. The molecule has 0 aliphatic heterocycles. The Labute approximate surface area is 191 Å². The number of carbonyl (C=O) groups is 2. The number of rotatable bonds is 9. The Kier molecular flexibility index (Phi) is 8.88. The number of hydrogen-bond acceptors (Lipinski definition) is 7. The molecule has 32 heavy (non-hydrogen) atoms. The van der Waals surface area contributed by atoms with Crippen LogP contribution in [0.1, 0.15) is 40.2 Å². The SMILES string of the molecule is C#CCOc1ccc(C=C(C#N)C(=O)Nc2sc(C)c(C)c2C(=O)OCC)cc1OCC. The van der Waals surface area contributed by atoms with Gasteiger partial charge in [0.1, 0.15) is 23.3 Å². The molecule has 1 N–H and O–H groups in total. The molecule has 2 rings (SSSR count). The zero-order valence-corrected chi connectivity index (χ0v) is 19.2. The molecule has 2 aromatic rings. The fourth-order valence-corrected chi connectivity index (χ4v) is 3.81. The summed E-state index contributed by atoms with van der Waals surface area (Å²) in [7, 11) is 0. The topological polar surface area (TPSA) is 97.7 Å². The van der Waals surface area contributed by atoms with Gasteiger partial charge in [-0.1, -0.05) is 12.0 Å². The van der Waals surface area contributed by atoms with Crippen LogP contribution >= 0.6 is 11.3 Å². The number of amides is 1. The second-order valence-corrected chi connectivity index (χ2v) is 7.69. The minimum atomic E-state index is -0.634. The number of thiophene rings is 1. The molecule has 0 atom stereocenters. The predicted octanol–water partition coefficient (Wildman–Crippen LogP) is 4.50. The van der Waals surface area contributed by atoms with Crippen molar-refractivity contribution >= 4 is 34.3 Å². The Bertz CT molecular complexity index is 1120. The summed E-state index contributed by atoms with van der Waals surface area (Å²) in [6.07, 6.45) is 6.66. The van der Waals surface area contributed by atoms with E-state index in [0.717, 1.165) is 10.4 Å². The van der Waals surface area contributed by atoms with Crippen molar-refractivity contribution < 1.29 is 23.8 Å². The molecule has 0 aliphatic rings. The zero-order chi connectivity index (χ0) is 23.7. The number of carbonyl (C=O) groups excluding carboxylic acids is 2. The lowest BCUT2D eigenvalue weighted by Gasteiger charge is -2.11. The van der Waals surface area contributed by atoms with Crippen LogP contribution in [0.25, 0.3) is 6.08 Å². The predicted molar refractivity (Wildman–Crippen MR) is 124 cm³/mol. The van der Waals surface area contributed by atoms with Gasteiger partial charge in [-0.15, -0.1) is 17.8 Å². The van der Waals surface area contributed by atoms with E-state index in [9.17, 15) is 14.9 Å². The molecule has 1 aromatic heterocycles. The summed E-state index contributed by atoms with van der Waals surface area (Å²) in [4.78, 5) is 26.0. The highest BCUT2D eigenvalue weighted by atomic mass is 32.1. The smallest absolute Gasteiger partial charge is 0.341 e. The van der Waals surface area contributed by atoms with Crippen molar-refractivity contribution in [3.63, 3.8) is 0 Å². The molecule has 8 heteroatoms. The van der Waals surface area contributed by atoms with E-state index in [-0.39, 0.29) is 18.8 Å². The van der Waals surface area contributed by atoms with Gasteiger partial charge in [-0.3, -0.25) is 4.79 Å². The standard InChI is InChI=1S/C24H24N2O5S/c1-6-11-31-19-10-9-17(13-20(19)29-7-2)12-18(14-25)22(27)26-23-21(24(28)30-8-3)15(4)16(5)32-23/h1,9-10,12-13H,7-8,11H2,2-5H3,(H,26,27). The normalized spacial score (nSPS) is 10.6. The van der Waals surface area contributed by atoms with Crippen molar-refractivity contribution in [2.45, 2.75) is 27.7 Å². The number of ether oxygens (including phenoxy) is 3. The molecule has 1 heterocycles. The van der Waals surface area contributed by atoms with Gasteiger partial charge >= 0.3 is 5.97 Å². The third-order valence-corrected chi connectivity index (χ3v) is 5.47. The maximum absolute atomic E-state index is 12.8. The fourth-order valence-electron chi connectivity index (χ4n) is 2.77. The average molecular weight is 453 g/mol.